The van der Waals surface area contributed by atoms with Crippen molar-refractivity contribution in [3.8, 4) is 5.75 Å². The first-order valence-corrected chi connectivity index (χ1v) is 5.89. The summed E-state index contributed by atoms with van der Waals surface area (Å²) in [5.74, 6) is 0.608. The van der Waals surface area contributed by atoms with Gasteiger partial charge in [-0.1, -0.05) is 17.7 Å². The Bertz CT molecular complexity index is 575. The first kappa shape index (κ1) is 13.7. The maximum atomic E-state index is 12.7. The molecule has 99 valence electrons. The lowest BCUT2D eigenvalue weighted by atomic mass is 10.0. The zero-order valence-corrected chi connectivity index (χ0v) is 10.9. The van der Waals surface area contributed by atoms with Crippen molar-refractivity contribution < 1.29 is 13.5 Å². The van der Waals surface area contributed by atoms with Crippen LogP contribution in [0.3, 0.4) is 0 Å². The smallest absolute Gasteiger partial charge is 0.265 e. The topological polar surface area (TPSA) is 22.1 Å². The lowest BCUT2D eigenvalue weighted by molar-refractivity contribution is 0.151. The van der Waals surface area contributed by atoms with Crippen LogP contribution in [0.2, 0.25) is 5.02 Å². The highest BCUT2D eigenvalue weighted by molar-refractivity contribution is 6.31. The largest absolute Gasteiger partial charge is 0.495 e. The number of ether oxygens (including phenoxy) is 1. The van der Waals surface area contributed by atoms with E-state index >= 15 is 0 Å². The minimum Gasteiger partial charge on any atom is -0.495 e. The number of halogens is 3. The summed E-state index contributed by atoms with van der Waals surface area (Å²) < 4.78 is 30.5. The Kier molecular flexibility index (Phi) is 4.32. The van der Waals surface area contributed by atoms with E-state index in [2.05, 4.69) is 4.98 Å². The maximum Gasteiger partial charge on any atom is 0.265 e. The number of methoxy groups -OCH3 is 1. The van der Waals surface area contributed by atoms with Gasteiger partial charge in [-0.15, -0.1) is 0 Å². The average Bonchev–Trinajstić information content (AvgIpc) is 2.41. The monoisotopic (exact) mass is 282 g/mol. The normalized spacial score (nSPS) is 10.8. The van der Waals surface area contributed by atoms with Crippen molar-refractivity contribution in [1.82, 2.24) is 4.98 Å². The number of benzene rings is 1. The van der Waals surface area contributed by atoms with E-state index in [4.69, 9.17) is 16.3 Å². The molecular formula is C14H11ClF2NO. The van der Waals surface area contributed by atoms with Gasteiger partial charge < -0.3 is 4.74 Å². The van der Waals surface area contributed by atoms with E-state index in [1.54, 1.807) is 30.9 Å². The molecule has 0 aliphatic carbocycles. The second-order valence-electron chi connectivity index (χ2n) is 3.88. The van der Waals surface area contributed by atoms with E-state index in [9.17, 15) is 8.78 Å². The van der Waals surface area contributed by atoms with Crippen molar-refractivity contribution in [3.05, 3.63) is 64.8 Å². The minimum atomic E-state index is -2.59. The van der Waals surface area contributed by atoms with Gasteiger partial charge in [0.25, 0.3) is 6.43 Å². The standard InChI is InChI=1S/C14H11ClF2NO/c1-19-11-5-10(7-18-8-11)4-9-2-3-13(15)12(6-9)14(16)17/h2-8,14H,1H3. The molecule has 0 bridgehead atoms. The molecule has 5 heteroatoms. The highest BCUT2D eigenvalue weighted by Gasteiger charge is 2.12. The second kappa shape index (κ2) is 5.97. The summed E-state index contributed by atoms with van der Waals surface area (Å²) in [4.78, 5) is 4.00. The SMILES string of the molecule is COc1cncc([CH]c2ccc(Cl)c(C(F)F)c2)c1. The van der Waals surface area contributed by atoms with Gasteiger partial charge >= 0.3 is 0 Å². The van der Waals surface area contributed by atoms with Gasteiger partial charge in [-0.3, -0.25) is 4.98 Å². The summed E-state index contributed by atoms with van der Waals surface area (Å²) in [5, 5.41) is 0.0657. The summed E-state index contributed by atoms with van der Waals surface area (Å²) in [6.07, 6.45) is 2.34. The Morgan fingerprint density at radius 1 is 1.21 bits per heavy atom. The fraction of sp³-hybridized carbons (Fsp3) is 0.143. The lowest BCUT2D eigenvalue weighted by Gasteiger charge is -2.07. The summed E-state index contributed by atoms with van der Waals surface area (Å²) in [6, 6.07) is 6.27. The van der Waals surface area contributed by atoms with E-state index in [0.29, 0.717) is 11.3 Å². The molecule has 0 aliphatic heterocycles. The zero-order valence-electron chi connectivity index (χ0n) is 10.1. The van der Waals surface area contributed by atoms with Gasteiger partial charge in [-0.25, -0.2) is 8.78 Å². The quantitative estimate of drug-likeness (QED) is 0.835. The third-order valence-corrected chi connectivity index (χ3v) is 2.90. The molecule has 0 saturated carbocycles. The van der Waals surface area contributed by atoms with E-state index in [0.717, 1.165) is 5.56 Å². The fourth-order valence-corrected chi connectivity index (χ4v) is 1.84. The predicted octanol–water partition coefficient (Wildman–Crippen LogP) is 4.28. The predicted molar refractivity (Wildman–Crippen MR) is 69.7 cm³/mol. The Balaban J connectivity index is 2.25. The summed E-state index contributed by atoms with van der Waals surface area (Å²) in [6.45, 7) is 0. The van der Waals surface area contributed by atoms with Crippen LogP contribution in [0, 0.1) is 6.42 Å². The first-order chi connectivity index (χ1) is 9.10. The number of aromatic nitrogens is 1. The molecular weight excluding hydrogens is 272 g/mol. The highest BCUT2D eigenvalue weighted by atomic mass is 35.5. The van der Waals surface area contributed by atoms with Crippen LogP contribution in [0.15, 0.2) is 36.7 Å². The Morgan fingerprint density at radius 2 is 2.00 bits per heavy atom. The molecule has 2 rings (SSSR count). The second-order valence-corrected chi connectivity index (χ2v) is 4.29. The number of rotatable bonds is 4. The molecule has 0 aliphatic rings. The summed E-state index contributed by atoms with van der Waals surface area (Å²) >= 11 is 5.72. The van der Waals surface area contributed by atoms with E-state index < -0.39 is 6.43 Å². The van der Waals surface area contributed by atoms with Gasteiger partial charge in [0.15, 0.2) is 0 Å². The molecule has 1 aromatic heterocycles. The van der Waals surface area contributed by atoms with E-state index in [-0.39, 0.29) is 10.6 Å². The van der Waals surface area contributed by atoms with Crippen LogP contribution >= 0.6 is 11.6 Å². The third-order valence-electron chi connectivity index (χ3n) is 2.56. The number of alkyl halides is 2. The Morgan fingerprint density at radius 3 is 2.68 bits per heavy atom. The molecule has 19 heavy (non-hydrogen) atoms. The van der Waals surface area contributed by atoms with Crippen LogP contribution in [-0.2, 0) is 0 Å². The fourth-order valence-electron chi connectivity index (χ4n) is 1.64. The summed E-state index contributed by atoms with van der Waals surface area (Å²) in [7, 11) is 1.54. The van der Waals surface area contributed by atoms with Gasteiger partial charge in [-0.05, 0) is 29.3 Å². The molecule has 0 saturated heterocycles. The molecule has 0 fully saturated rings. The molecule has 1 aromatic carbocycles. The van der Waals surface area contributed by atoms with Gasteiger partial charge in [-0.2, -0.15) is 0 Å². The molecule has 2 aromatic rings. The van der Waals surface area contributed by atoms with Gasteiger partial charge in [0.05, 0.1) is 13.3 Å². The maximum absolute atomic E-state index is 12.7. The van der Waals surface area contributed by atoms with Crippen LogP contribution in [0.25, 0.3) is 0 Å². The van der Waals surface area contributed by atoms with Gasteiger partial charge in [0.2, 0.25) is 0 Å². The van der Waals surface area contributed by atoms with Gasteiger partial charge in [0.1, 0.15) is 5.75 Å². The number of pyridine rings is 1. The van der Waals surface area contributed by atoms with Crippen molar-refractivity contribution in [2.75, 3.05) is 7.11 Å². The average molecular weight is 283 g/mol. The zero-order chi connectivity index (χ0) is 13.8. The molecule has 0 amide bonds. The summed E-state index contributed by atoms with van der Waals surface area (Å²) in [5.41, 5.74) is 1.22. The van der Waals surface area contributed by atoms with Crippen molar-refractivity contribution in [3.63, 3.8) is 0 Å². The lowest BCUT2D eigenvalue weighted by Crippen LogP contribution is -1.92. The number of nitrogens with zero attached hydrogens (tertiary/aromatic N) is 1. The van der Waals surface area contributed by atoms with E-state index in [1.807, 2.05) is 0 Å². The molecule has 1 heterocycles. The molecule has 0 atom stereocenters. The Hall–Kier alpha value is -1.68. The van der Waals surface area contributed by atoms with Crippen LogP contribution in [0.5, 0.6) is 5.75 Å². The van der Waals surface area contributed by atoms with Crippen LogP contribution in [0.1, 0.15) is 23.1 Å². The molecule has 0 unspecified atom stereocenters. The molecule has 0 N–H and O–H groups in total. The van der Waals surface area contributed by atoms with Crippen LogP contribution in [0.4, 0.5) is 8.78 Å². The molecule has 2 nitrogen and oxygen atoms in total. The Labute approximate surface area is 115 Å². The highest BCUT2D eigenvalue weighted by Crippen LogP contribution is 2.29. The third kappa shape index (κ3) is 3.41. The van der Waals surface area contributed by atoms with E-state index in [1.165, 1.54) is 19.2 Å². The molecule has 0 spiro atoms. The van der Waals surface area contributed by atoms with Crippen molar-refractivity contribution in [1.29, 1.82) is 0 Å². The van der Waals surface area contributed by atoms with Gasteiger partial charge in [0, 0.05) is 23.2 Å². The minimum absolute atomic E-state index is 0.0657. The number of hydrogen-bond donors (Lipinski definition) is 0. The van der Waals surface area contributed by atoms with Crippen LogP contribution < -0.4 is 4.74 Å². The number of hydrogen-bond acceptors (Lipinski definition) is 2. The van der Waals surface area contributed by atoms with Crippen molar-refractivity contribution in [2.45, 2.75) is 6.43 Å². The van der Waals surface area contributed by atoms with Crippen LogP contribution in [-0.4, -0.2) is 12.1 Å². The first-order valence-electron chi connectivity index (χ1n) is 5.51. The van der Waals surface area contributed by atoms with Crippen molar-refractivity contribution in [2.24, 2.45) is 0 Å². The molecule has 1 radical (unpaired) electrons. The van der Waals surface area contributed by atoms with Crippen molar-refractivity contribution >= 4 is 11.6 Å².